The molecule has 0 unspecified atom stereocenters. The lowest BCUT2D eigenvalue weighted by Gasteiger charge is -2.37. The van der Waals surface area contributed by atoms with Gasteiger partial charge in [-0.3, -0.25) is 4.79 Å². The van der Waals surface area contributed by atoms with Gasteiger partial charge in [0.05, 0.1) is 12.7 Å². The molecule has 2 rings (SSSR count). The molecule has 0 saturated carbocycles. The fourth-order valence-electron chi connectivity index (χ4n) is 2.35. The maximum Gasteiger partial charge on any atom is 0.302 e. The number of aliphatic hydroxyl groups excluding tert-OH is 1. The number of hydrogen-bond donors (Lipinski definition) is 1. The zero-order chi connectivity index (χ0) is 14.5. The van der Waals surface area contributed by atoms with Gasteiger partial charge in [-0.05, 0) is 12.5 Å². The zero-order valence-corrected chi connectivity index (χ0v) is 11.7. The molecule has 5 nitrogen and oxygen atoms in total. The van der Waals surface area contributed by atoms with E-state index in [1.807, 2.05) is 30.3 Å². The van der Waals surface area contributed by atoms with Gasteiger partial charge in [0, 0.05) is 13.3 Å². The quantitative estimate of drug-likeness (QED) is 0.849. The average molecular weight is 280 g/mol. The van der Waals surface area contributed by atoms with Crippen LogP contribution in [0.3, 0.4) is 0 Å². The number of carbonyl (C=O) groups is 1. The van der Waals surface area contributed by atoms with Crippen LogP contribution in [0.15, 0.2) is 30.3 Å². The summed E-state index contributed by atoms with van der Waals surface area (Å²) in [5.74, 6) is -0.385. The van der Waals surface area contributed by atoms with Crippen LogP contribution in [0.5, 0.6) is 0 Å². The summed E-state index contributed by atoms with van der Waals surface area (Å²) < 4.78 is 16.4. The number of benzene rings is 1. The third kappa shape index (κ3) is 4.03. The van der Waals surface area contributed by atoms with Crippen molar-refractivity contribution in [1.29, 1.82) is 0 Å². The molecule has 0 spiro atoms. The van der Waals surface area contributed by atoms with E-state index in [1.165, 1.54) is 6.92 Å². The van der Waals surface area contributed by atoms with Crippen molar-refractivity contribution in [3.63, 3.8) is 0 Å². The van der Waals surface area contributed by atoms with Gasteiger partial charge in [-0.1, -0.05) is 30.3 Å². The van der Waals surface area contributed by atoms with E-state index < -0.39 is 12.4 Å². The van der Waals surface area contributed by atoms with E-state index in [0.29, 0.717) is 6.61 Å². The molecule has 1 aromatic carbocycles. The Bertz CT molecular complexity index is 433. The molecule has 1 fully saturated rings. The minimum absolute atomic E-state index is 0.226. The summed E-state index contributed by atoms with van der Waals surface area (Å²) in [4.78, 5) is 11.1. The summed E-state index contributed by atoms with van der Waals surface area (Å²) >= 11 is 0. The second-order valence-corrected chi connectivity index (χ2v) is 4.94. The first-order chi connectivity index (χ1) is 9.56. The van der Waals surface area contributed by atoms with Gasteiger partial charge in [-0.2, -0.15) is 0 Å². The molecule has 1 heterocycles. The second-order valence-electron chi connectivity index (χ2n) is 4.94. The number of hydrogen-bond acceptors (Lipinski definition) is 5. The van der Waals surface area contributed by atoms with Crippen molar-refractivity contribution in [2.75, 3.05) is 0 Å². The molecule has 20 heavy (non-hydrogen) atoms. The van der Waals surface area contributed by atoms with Gasteiger partial charge >= 0.3 is 5.97 Å². The van der Waals surface area contributed by atoms with Crippen LogP contribution in [0, 0.1) is 0 Å². The molecule has 1 saturated heterocycles. The summed E-state index contributed by atoms with van der Waals surface area (Å²) in [5.41, 5.74) is 1.03. The monoisotopic (exact) mass is 280 g/mol. The standard InChI is InChI=1S/C15H20O5/c1-10-15(18-9-12-6-4-3-5-7-12)13(20-11(2)16)8-14(17)19-10/h3-7,10,13-15,17H,8-9H2,1-2H3/t10-,13-,14+,15-/m1/s1. The predicted octanol–water partition coefficient (Wildman–Crippen LogP) is 1.63. The summed E-state index contributed by atoms with van der Waals surface area (Å²) in [6.45, 7) is 3.56. The molecule has 1 N–H and O–H groups in total. The number of ether oxygens (including phenoxy) is 3. The molecule has 5 heteroatoms. The lowest BCUT2D eigenvalue weighted by molar-refractivity contribution is -0.245. The van der Waals surface area contributed by atoms with Crippen LogP contribution in [0.1, 0.15) is 25.8 Å². The molecule has 0 aliphatic carbocycles. The van der Waals surface area contributed by atoms with Crippen LogP contribution in [0.25, 0.3) is 0 Å². The fraction of sp³-hybridized carbons (Fsp3) is 0.533. The minimum Gasteiger partial charge on any atom is -0.459 e. The molecule has 1 aliphatic heterocycles. The normalized spacial score (nSPS) is 29.9. The highest BCUT2D eigenvalue weighted by Gasteiger charge is 2.38. The van der Waals surface area contributed by atoms with Gasteiger partial charge < -0.3 is 19.3 Å². The molecular weight excluding hydrogens is 260 g/mol. The fourth-order valence-corrected chi connectivity index (χ4v) is 2.35. The highest BCUT2D eigenvalue weighted by Crippen LogP contribution is 2.25. The Balaban J connectivity index is 1.99. The summed E-state index contributed by atoms with van der Waals surface area (Å²) in [6, 6.07) is 9.74. The average Bonchev–Trinajstić information content (AvgIpc) is 2.38. The molecule has 0 amide bonds. The highest BCUT2D eigenvalue weighted by molar-refractivity contribution is 5.66. The summed E-state index contributed by atoms with van der Waals surface area (Å²) in [5, 5.41) is 9.60. The van der Waals surface area contributed by atoms with E-state index in [4.69, 9.17) is 14.2 Å². The first-order valence-corrected chi connectivity index (χ1v) is 6.72. The Morgan fingerprint density at radius 1 is 1.40 bits per heavy atom. The lowest BCUT2D eigenvalue weighted by Crippen LogP contribution is -2.49. The number of esters is 1. The highest BCUT2D eigenvalue weighted by atomic mass is 16.6. The van der Waals surface area contributed by atoms with Crippen LogP contribution < -0.4 is 0 Å². The Morgan fingerprint density at radius 2 is 2.10 bits per heavy atom. The smallest absolute Gasteiger partial charge is 0.302 e. The second kappa shape index (κ2) is 6.83. The minimum atomic E-state index is -0.925. The number of rotatable bonds is 4. The molecule has 0 radical (unpaired) electrons. The van der Waals surface area contributed by atoms with Gasteiger partial charge in [0.25, 0.3) is 0 Å². The SMILES string of the molecule is CC(=O)O[C@@H]1C[C@@H](O)O[C@H](C)[C@H]1OCc1ccccc1. The molecule has 1 aliphatic rings. The van der Waals surface area contributed by atoms with Gasteiger partial charge in [0.15, 0.2) is 6.29 Å². The van der Waals surface area contributed by atoms with Crippen molar-refractivity contribution < 1.29 is 24.1 Å². The van der Waals surface area contributed by atoms with Crippen LogP contribution in [0.2, 0.25) is 0 Å². The Hall–Kier alpha value is -1.43. The first-order valence-electron chi connectivity index (χ1n) is 6.72. The van der Waals surface area contributed by atoms with Crippen molar-refractivity contribution in [3.05, 3.63) is 35.9 Å². The first kappa shape index (κ1) is 15.0. The largest absolute Gasteiger partial charge is 0.459 e. The van der Waals surface area contributed by atoms with E-state index in [0.717, 1.165) is 5.56 Å². The van der Waals surface area contributed by atoms with Crippen LogP contribution in [-0.4, -0.2) is 35.7 Å². The van der Waals surface area contributed by atoms with Crippen molar-refractivity contribution in [3.8, 4) is 0 Å². The number of carbonyl (C=O) groups excluding carboxylic acids is 1. The van der Waals surface area contributed by atoms with Gasteiger partial charge in [0.1, 0.15) is 12.2 Å². The molecule has 110 valence electrons. The molecule has 0 bridgehead atoms. The summed E-state index contributed by atoms with van der Waals surface area (Å²) in [7, 11) is 0. The Morgan fingerprint density at radius 3 is 2.75 bits per heavy atom. The predicted molar refractivity (Wildman–Crippen MR) is 71.7 cm³/mol. The van der Waals surface area contributed by atoms with E-state index in [-0.39, 0.29) is 24.6 Å². The zero-order valence-electron chi connectivity index (χ0n) is 11.7. The molecule has 0 aromatic heterocycles. The van der Waals surface area contributed by atoms with Gasteiger partial charge in [-0.15, -0.1) is 0 Å². The van der Waals surface area contributed by atoms with E-state index in [2.05, 4.69) is 0 Å². The third-order valence-corrected chi connectivity index (χ3v) is 3.24. The van der Waals surface area contributed by atoms with Crippen molar-refractivity contribution >= 4 is 5.97 Å². The van der Waals surface area contributed by atoms with E-state index in [9.17, 15) is 9.90 Å². The van der Waals surface area contributed by atoms with Crippen molar-refractivity contribution in [2.24, 2.45) is 0 Å². The maximum atomic E-state index is 11.1. The van der Waals surface area contributed by atoms with Crippen molar-refractivity contribution in [1.82, 2.24) is 0 Å². The Kier molecular flexibility index (Phi) is 5.11. The number of aliphatic hydroxyl groups is 1. The van der Waals surface area contributed by atoms with Crippen LogP contribution >= 0.6 is 0 Å². The Labute approximate surface area is 118 Å². The van der Waals surface area contributed by atoms with Gasteiger partial charge in [0.2, 0.25) is 0 Å². The third-order valence-electron chi connectivity index (χ3n) is 3.24. The van der Waals surface area contributed by atoms with Gasteiger partial charge in [-0.25, -0.2) is 0 Å². The van der Waals surface area contributed by atoms with E-state index >= 15 is 0 Å². The molecule has 1 aromatic rings. The van der Waals surface area contributed by atoms with E-state index in [1.54, 1.807) is 6.92 Å². The molecule has 4 atom stereocenters. The summed E-state index contributed by atoms with van der Waals surface area (Å²) in [6.07, 6.45) is -1.92. The van der Waals surface area contributed by atoms with Crippen LogP contribution in [0.4, 0.5) is 0 Å². The van der Waals surface area contributed by atoms with Crippen molar-refractivity contribution in [2.45, 2.75) is 51.5 Å². The lowest BCUT2D eigenvalue weighted by atomic mass is 10.0. The molecular formula is C15H20O5. The maximum absolute atomic E-state index is 11.1. The topological polar surface area (TPSA) is 65.0 Å². The van der Waals surface area contributed by atoms with Crippen LogP contribution in [-0.2, 0) is 25.6 Å².